The first kappa shape index (κ1) is 17.3. The Morgan fingerprint density at radius 3 is 2.71 bits per heavy atom. The van der Waals surface area contributed by atoms with Crippen LogP contribution < -0.4 is 11.1 Å². The first-order valence-corrected chi connectivity index (χ1v) is 6.97. The number of ether oxygens (including phenoxy) is 3. The number of hydrogen-bond acceptors (Lipinski definition) is 6. The van der Waals surface area contributed by atoms with Gasteiger partial charge in [-0.3, -0.25) is 0 Å². The van der Waals surface area contributed by atoms with E-state index in [2.05, 4.69) is 5.32 Å². The lowest BCUT2D eigenvalue weighted by molar-refractivity contribution is 0.0602. The van der Waals surface area contributed by atoms with E-state index in [9.17, 15) is 4.79 Å². The third-order valence-electron chi connectivity index (χ3n) is 2.91. The molecule has 0 saturated carbocycles. The molecule has 0 unspecified atom stereocenters. The van der Waals surface area contributed by atoms with Gasteiger partial charge in [-0.2, -0.15) is 0 Å². The largest absolute Gasteiger partial charge is 0.465 e. The molecule has 0 radical (unpaired) electrons. The molecule has 1 aromatic rings. The summed E-state index contributed by atoms with van der Waals surface area (Å²) in [7, 11) is 3.01. The van der Waals surface area contributed by atoms with E-state index in [0.717, 1.165) is 25.1 Å². The van der Waals surface area contributed by atoms with E-state index in [0.29, 0.717) is 31.1 Å². The van der Waals surface area contributed by atoms with Crippen LogP contribution in [0.4, 0.5) is 11.4 Å². The van der Waals surface area contributed by atoms with Gasteiger partial charge in [-0.15, -0.1) is 0 Å². The molecule has 0 amide bonds. The Labute approximate surface area is 125 Å². The Hall–Kier alpha value is -1.79. The van der Waals surface area contributed by atoms with Crippen LogP contribution in [0, 0.1) is 0 Å². The molecule has 1 rings (SSSR count). The van der Waals surface area contributed by atoms with Crippen LogP contribution in [-0.2, 0) is 14.2 Å². The van der Waals surface area contributed by atoms with Crippen molar-refractivity contribution in [2.75, 3.05) is 51.6 Å². The molecule has 21 heavy (non-hydrogen) atoms. The molecule has 0 saturated heterocycles. The Bertz CT molecular complexity index is 438. The number of unbranched alkanes of at least 4 members (excludes halogenated alkanes) is 1. The van der Waals surface area contributed by atoms with Gasteiger partial charge in [-0.25, -0.2) is 4.79 Å². The minimum Gasteiger partial charge on any atom is -0.465 e. The minimum atomic E-state index is -0.396. The zero-order valence-corrected chi connectivity index (χ0v) is 12.7. The van der Waals surface area contributed by atoms with Crippen LogP contribution in [0.15, 0.2) is 18.2 Å². The van der Waals surface area contributed by atoms with E-state index in [1.165, 1.54) is 7.11 Å². The van der Waals surface area contributed by atoms with Crippen LogP contribution in [0.5, 0.6) is 0 Å². The van der Waals surface area contributed by atoms with Gasteiger partial charge < -0.3 is 25.3 Å². The average Bonchev–Trinajstić information content (AvgIpc) is 2.50. The highest BCUT2D eigenvalue weighted by Crippen LogP contribution is 2.19. The maximum absolute atomic E-state index is 11.7. The molecule has 0 aliphatic rings. The smallest absolute Gasteiger partial charge is 0.340 e. The van der Waals surface area contributed by atoms with E-state index in [1.54, 1.807) is 25.3 Å². The van der Waals surface area contributed by atoms with E-state index < -0.39 is 5.97 Å². The number of carbonyl (C=O) groups excluding carboxylic acids is 1. The molecule has 3 N–H and O–H groups in total. The van der Waals surface area contributed by atoms with Crippen molar-refractivity contribution in [3.05, 3.63) is 23.8 Å². The topological polar surface area (TPSA) is 82.8 Å². The summed E-state index contributed by atoms with van der Waals surface area (Å²) in [6.07, 6.45) is 1.89. The van der Waals surface area contributed by atoms with Crippen LogP contribution in [0.3, 0.4) is 0 Å². The molecular formula is C15H24N2O4. The number of esters is 1. The van der Waals surface area contributed by atoms with Gasteiger partial charge in [-0.05, 0) is 31.0 Å². The third-order valence-corrected chi connectivity index (χ3v) is 2.91. The number of nitrogens with two attached hydrogens (primary N) is 1. The van der Waals surface area contributed by atoms with Crippen molar-refractivity contribution in [2.24, 2.45) is 0 Å². The van der Waals surface area contributed by atoms with Gasteiger partial charge in [0.2, 0.25) is 0 Å². The molecule has 0 bridgehead atoms. The predicted octanol–water partition coefficient (Wildman–Crippen LogP) is 1.91. The molecule has 0 atom stereocenters. The van der Waals surface area contributed by atoms with Crippen LogP contribution in [0.1, 0.15) is 23.2 Å². The lowest BCUT2D eigenvalue weighted by Crippen LogP contribution is -2.10. The van der Waals surface area contributed by atoms with Gasteiger partial charge in [0.05, 0.1) is 25.9 Å². The van der Waals surface area contributed by atoms with Crippen molar-refractivity contribution < 1.29 is 19.0 Å². The van der Waals surface area contributed by atoms with Gasteiger partial charge in [0.25, 0.3) is 0 Å². The number of nitrogen functional groups attached to an aromatic ring is 1. The van der Waals surface area contributed by atoms with Gasteiger partial charge in [0.15, 0.2) is 0 Å². The molecule has 0 fully saturated rings. The molecule has 118 valence electrons. The second-order valence-corrected chi connectivity index (χ2v) is 4.54. The first-order valence-electron chi connectivity index (χ1n) is 6.97. The van der Waals surface area contributed by atoms with Crippen molar-refractivity contribution in [1.29, 1.82) is 0 Å². The summed E-state index contributed by atoms with van der Waals surface area (Å²) in [5.74, 6) is -0.396. The lowest BCUT2D eigenvalue weighted by Gasteiger charge is -2.11. The molecule has 0 aromatic heterocycles. The van der Waals surface area contributed by atoms with Crippen molar-refractivity contribution in [3.63, 3.8) is 0 Å². The number of rotatable bonds is 10. The number of hydrogen-bond donors (Lipinski definition) is 2. The Kier molecular flexibility index (Phi) is 8.23. The van der Waals surface area contributed by atoms with Gasteiger partial charge >= 0.3 is 5.97 Å². The maximum Gasteiger partial charge on any atom is 0.340 e. The summed E-state index contributed by atoms with van der Waals surface area (Å²) in [6.45, 7) is 2.69. The summed E-state index contributed by atoms with van der Waals surface area (Å²) in [6, 6.07) is 5.15. The average molecular weight is 296 g/mol. The number of carbonyl (C=O) groups is 1. The van der Waals surface area contributed by atoms with Gasteiger partial charge in [0.1, 0.15) is 0 Å². The Morgan fingerprint density at radius 1 is 1.19 bits per heavy atom. The quantitative estimate of drug-likeness (QED) is 0.390. The second-order valence-electron chi connectivity index (χ2n) is 4.54. The Morgan fingerprint density at radius 2 is 2.00 bits per heavy atom. The molecule has 6 nitrogen and oxygen atoms in total. The second kappa shape index (κ2) is 10.0. The van der Waals surface area contributed by atoms with Crippen molar-refractivity contribution in [3.8, 4) is 0 Å². The minimum absolute atomic E-state index is 0.396. The summed E-state index contributed by atoms with van der Waals surface area (Å²) in [5.41, 5.74) is 7.41. The number of anilines is 2. The van der Waals surface area contributed by atoms with E-state index in [1.807, 2.05) is 0 Å². The molecular weight excluding hydrogens is 272 g/mol. The number of benzene rings is 1. The normalized spacial score (nSPS) is 10.4. The SMILES string of the molecule is COCCOCCCCNc1ccc(N)cc1C(=O)OC. The highest BCUT2D eigenvalue weighted by Gasteiger charge is 2.11. The summed E-state index contributed by atoms with van der Waals surface area (Å²) < 4.78 is 15.0. The van der Waals surface area contributed by atoms with E-state index in [-0.39, 0.29) is 0 Å². The summed E-state index contributed by atoms with van der Waals surface area (Å²) in [5, 5.41) is 3.22. The van der Waals surface area contributed by atoms with Gasteiger partial charge in [-0.1, -0.05) is 0 Å². The fraction of sp³-hybridized carbons (Fsp3) is 0.533. The van der Waals surface area contributed by atoms with Crippen LogP contribution in [0.2, 0.25) is 0 Å². The fourth-order valence-corrected chi connectivity index (χ4v) is 1.79. The van der Waals surface area contributed by atoms with Crippen molar-refractivity contribution in [2.45, 2.75) is 12.8 Å². The standard InChI is InChI=1S/C15H24N2O4/c1-19-9-10-21-8-4-3-7-17-14-6-5-12(16)11-13(14)15(18)20-2/h5-6,11,17H,3-4,7-10,16H2,1-2H3. The summed E-state index contributed by atoms with van der Waals surface area (Å²) >= 11 is 0. The van der Waals surface area contributed by atoms with Crippen molar-refractivity contribution in [1.82, 2.24) is 0 Å². The highest BCUT2D eigenvalue weighted by molar-refractivity contribution is 5.96. The maximum atomic E-state index is 11.7. The van der Waals surface area contributed by atoms with Gasteiger partial charge in [0, 0.05) is 31.6 Å². The van der Waals surface area contributed by atoms with E-state index >= 15 is 0 Å². The number of methoxy groups -OCH3 is 2. The fourth-order valence-electron chi connectivity index (χ4n) is 1.79. The monoisotopic (exact) mass is 296 g/mol. The Balaban J connectivity index is 2.33. The van der Waals surface area contributed by atoms with Crippen molar-refractivity contribution >= 4 is 17.3 Å². The molecule has 6 heteroatoms. The van der Waals surface area contributed by atoms with Crippen LogP contribution >= 0.6 is 0 Å². The molecule has 0 spiro atoms. The lowest BCUT2D eigenvalue weighted by atomic mass is 10.1. The molecule has 0 aliphatic heterocycles. The third kappa shape index (κ3) is 6.46. The summed E-state index contributed by atoms with van der Waals surface area (Å²) in [4.78, 5) is 11.7. The molecule has 0 heterocycles. The molecule has 0 aliphatic carbocycles. The highest BCUT2D eigenvalue weighted by atomic mass is 16.5. The van der Waals surface area contributed by atoms with Crippen LogP contribution in [0.25, 0.3) is 0 Å². The van der Waals surface area contributed by atoms with Crippen LogP contribution in [-0.4, -0.2) is 46.6 Å². The first-order chi connectivity index (χ1) is 10.2. The molecule has 1 aromatic carbocycles. The van der Waals surface area contributed by atoms with E-state index in [4.69, 9.17) is 19.9 Å². The number of nitrogens with one attached hydrogen (secondary N) is 1. The zero-order valence-electron chi connectivity index (χ0n) is 12.7. The zero-order chi connectivity index (χ0) is 15.5. The predicted molar refractivity (Wildman–Crippen MR) is 82.6 cm³/mol.